The summed E-state index contributed by atoms with van der Waals surface area (Å²) in [7, 11) is 1.53. The van der Waals surface area contributed by atoms with Crippen molar-refractivity contribution >= 4 is 11.7 Å². The lowest BCUT2D eigenvalue weighted by molar-refractivity contribution is 0.0375. The van der Waals surface area contributed by atoms with Crippen molar-refractivity contribution in [3.05, 3.63) is 17.8 Å². The van der Waals surface area contributed by atoms with Gasteiger partial charge < -0.3 is 20.1 Å². The lowest BCUT2D eigenvalue weighted by Crippen LogP contribution is -2.38. The van der Waals surface area contributed by atoms with Gasteiger partial charge in [-0.3, -0.25) is 4.90 Å². The SMILES string of the molecule is COc1ncc(C)cc1NC(=O)NCCCN1CCOCC1. The number of rotatable bonds is 6. The standard InChI is InChI=1S/C15H24N4O3/c1-12-10-13(14(21-2)17-11-12)18-15(20)16-4-3-5-19-6-8-22-9-7-19/h10-11H,3-9H2,1-2H3,(H2,16,18,20). The van der Waals surface area contributed by atoms with Crippen LogP contribution >= 0.6 is 0 Å². The van der Waals surface area contributed by atoms with Gasteiger partial charge in [0.2, 0.25) is 5.88 Å². The number of methoxy groups -OCH3 is 1. The van der Waals surface area contributed by atoms with Crippen LogP contribution in [0.2, 0.25) is 0 Å². The predicted octanol–water partition coefficient (Wildman–Crippen LogP) is 1.24. The van der Waals surface area contributed by atoms with E-state index >= 15 is 0 Å². The van der Waals surface area contributed by atoms with Gasteiger partial charge in [0.25, 0.3) is 0 Å². The zero-order valence-corrected chi connectivity index (χ0v) is 13.2. The number of amides is 2. The number of hydrogen-bond acceptors (Lipinski definition) is 5. The van der Waals surface area contributed by atoms with Gasteiger partial charge in [0.15, 0.2) is 0 Å². The van der Waals surface area contributed by atoms with Crippen molar-refractivity contribution < 1.29 is 14.3 Å². The Morgan fingerprint density at radius 3 is 2.95 bits per heavy atom. The monoisotopic (exact) mass is 308 g/mol. The number of carbonyl (C=O) groups excluding carboxylic acids is 1. The molecule has 0 aliphatic carbocycles. The minimum atomic E-state index is -0.243. The first-order chi connectivity index (χ1) is 10.7. The van der Waals surface area contributed by atoms with Crippen molar-refractivity contribution in [3.8, 4) is 5.88 Å². The Morgan fingerprint density at radius 1 is 1.45 bits per heavy atom. The molecule has 2 amide bonds. The molecule has 1 fully saturated rings. The number of urea groups is 1. The van der Waals surface area contributed by atoms with Crippen LogP contribution in [0.3, 0.4) is 0 Å². The van der Waals surface area contributed by atoms with Gasteiger partial charge in [-0.05, 0) is 31.5 Å². The number of nitrogens with zero attached hydrogens (tertiary/aromatic N) is 2. The zero-order chi connectivity index (χ0) is 15.8. The Bertz CT molecular complexity index is 490. The first-order valence-corrected chi connectivity index (χ1v) is 7.54. The maximum atomic E-state index is 11.9. The second kappa shape index (κ2) is 8.55. The highest BCUT2D eigenvalue weighted by Gasteiger charge is 2.11. The molecule has 1 aliphatic heterocycles. The summed E-state index contributed by atoms with van der Waals surface area (Å²) in [5, 5.41) is 5.62. The van der Waals surface area contributed by atoms with Crippen LogP contribution in [0.1, 0.15) is 12.0 Å². The van der Waals surface area contributed by atoms with Gasteiger partial charge >= 0.3 is 6.03 Å². The van der Waals surface area contributed by atoms with Gasteiger partial charge in [0.05, 0.1) is 20.3 Å². The molecule has 22 heavy (non-hydrogen) atoms. The molecule has 1 aliphatic rings. The molecule has 0 unspecified atom stereocenters. The van der Waals surface area contributed by atoms with Crippen molar-refractivity contribution in [2.45, 2.75) is 13.3 Å². The summed E-state index contributed by atoms with van der Waals surface area (Å²) in [6.45, 7) is 7.06. The van der Waals surface area contributed by atoms with Crippen molar-refractivity contribution in [3.63, 3.8) is 0 Å². The molecule has 0 radical (unpaired) electrons. The van der Waals surface area contributed by atoms with E-state index in [1.807, 2.05) is 13.0 Å². The van der Waals surface area contributed by atoms with E-state index in [0.29, 0.717) is 18.1 Å². The van der Waals surface area contributed by atoms with Gasteiger partial charge in [-0.1, -0.05) is 0 Å². The van der Waals surface area contributed by atoms with Crippen molar-refractivity contribution in [1.82, 2.24) is 15.2 Å². The first kappa shape index (κ1) is 16.5. The molecule has 2 rings (SSSR count). The molecular formula is C15H24N4O3. The Balaban J connectivity index is 1.70. The fourth-order valence-corrected chi connectivity index (χ4v) is 2.30. The molecule has 0 bridgehead atoms. The van der Waals surface area contributed by atoms with E-state index in [1.165, 1.54) is 7.11 Å². The third-order valence-electron chi connectivity index (χ3n) is 3.47. The lowest BCUT2D eigenvalue weighted by atomic mass is 10.3. The number of hydrogen-bond donors (Lipinski definition) is 2. The lowest BCUT2D eigenvalue weighted by Gasteiger charge is -2.26. The van der Waals surface area contributed by atoms with E-state index in [1.54, 1.807) is 6.20 Å². The number of aromatic nitrogens is 1. The molecule has 122 valence electrons. The van der Waals surface area contributed by atoms with E-state index in [4.69, 9.17) is 9.47 Å². The van der Waals surface area contributed by atoms with Crippen LogP contribution in [0.4, 0.5) is 10.5 Å². The number of carbonyl (C=O) groups is 1. The first-order valence-electron chi connectivity index (χ1n) is 7.54. The second-order valence-electron chi connectivity index (χ2n) is 5.26. The van der Waals surface area contributed by atoms with E-state index < -0.39 is 0 Å². The fraction of sp³-hybridized carbons (Fsp3) is 0.600. The van der Waals surface area contributed by atoms with Gasteiger partial charge in [0, 0.05) is 25.8 Å². The maximum Gasteiger partial charge on any atom is 0.319 e. The second-order valence-corrected chi connectivity index (χ2v) is 5.26. The molecule has 2 N–H and O–H groups in total. The summed E-state index contributed by atoms with van der Waals surface area (Å²) < 4.78 is 10.4. The van der Waals surface area contributed by atoms with Crippen LogP contribution in [0.15, 0.2) is 12.3 Å². The predicted molar refractivity (Wildman–Crippen MR) is 84.4 cm³/mol. The number of morpholine rings is 1. The van der Waals surface area contributed by atoms with E-state index in [2.05, 4.69) is 20.5 Å². The summed E-state index contributed by atoms with van der Waals surface area (Å²) in [5.41, 5.74) is 1.54. The van der Waals surface area contributed by atoms with Gasteiger partial charge in [-0.25, -0.2) is 9.78 Å². The highest BCUT2D eigenvalue weighted by Crippen LogP contribution is 2.21. The van der Waals surface area contributed by atoms with Crippen molar-refractivity contribution in [2.24, 2.45) is 0 Å². The van der Waals surface area contributed by atoms with Crippen LogP contribution in [-0.2, 0) is 4.74 Å². The number of pyridine rings is 1. The normalized spacial score (nSPS) is 15.4. The highest BCUT2D eigenvalue weighted by atomic mass is 16.5. The van der Waals surface area contributed by atoms with E-state index in [9.17, 15) is 4.79 Å². The third-order valence-corrected chi connectivity index (χ3v) is 3.47. The molecule has 7 nitrogen and oxygen atoms in total. The fourth-order valence-electron chi connectivity index (χ4n) is 2.30. The molecule has 1 saturated heterocycles. The smallest absolute Gasteiger partial charge is 0.319 e. The molecule has 0 atom stereocenters. The van der Waals surface area contributed by atoms with Crippen LogP contribution in [0.25, 0.3) is 0 Å². The number of ether oxygens (including phenoxy) is 2. The molecule has 1 aromatic rings. The third kappa shape index (κ3) is 5.16. The molecular weight excluding hydrogens is 284 g/mol. The number of nitrogens with one attached hydrogen (secondary N) is 2. The Hall–Kier alpha value is -1.86. The van der Waals surface area contributed by atoms with Crippen molar-refractivity contribution in [1.29, 1.82) is 0 Å². The topological polar surface area (TPSA) is 75.7 Å². The summed E-state index contributed by atoms with van der Waals surface area (Å²) in [5.74, 6) is 0.411. The van der Waals surface area contributed by atoms with E-state index in [0.717, 1.165) is 44.8 Å². The average molecular weight is 308 g/mol. The highest BCUT2D eigenvalue weighted by molar-refractivity contribution is 5.90. The molecule has 2 heterocycles. The molecule has 0 aromatic carbocycles. The van der Waals surface area contributed by atoms with Crippen LogP contribution in [0.5, 0.6) is 5.88 Å². The summed E-state index contributed by atoms with van der Waals surface area (Å²) in [6, 6.07) is 1.59. The molecule has 0 saturated carbocycles. The van der Waals surface area contributed by atoms with Crippen LogP contribution < -0.4 is 15.4 Å². The quantitative estimate of drug-likeness (QED) is 0.773. The molecule has 1 aromatic heterocycles. The Labute approximate surface area is 131 Å². The summed E-state index contributed by atoms with van der Waals surface area (Å²) in [4.78, 5) is 18.4. The minimum Gasteiger partial charge on any atom is -0.480 e. The number of aryl methyl sites for hydroxylation is 1. The van der Waals surface area contributed by atoms with Crippen molar-refractivity contribution in [2.75, 3.05) is 51.8 Å². The van der Waals surface area contributed by atoms with Crippen LogP contribution in [0, 0.1) is 6.92 Å². The maximum absolute atomic E-state index is 11.9. The summed E-state index contributed by atoms with van der Waals surface area (Å²) >= 11 is 0. The summed E-state index contributed by atoms with van der Waals surface area (Å²) in [6.07, 6.45) is 2.61. The Kier molecular flexibility index (Phi) is 6.42. The van der Waals surface area contributed by atoms with Gasteiger partial charge in [-0.15, -0.1) is 0 Å². The van der Waals surface area contributed by atoms with Gasteiger partial charge in [-0.2, -0.15) is 0 Å². The van der Waals surface area contributed by atoms with Gasteiger partial charge in [0.1, 0.15) is 5.69 Å². The number of anilines is 1. The minimum absolute atomic E-state index is 0.243. The Morgan fingerprint density at radius 2 is 2.23 bits per heavy atom. The largest absolute Gasteiger partial charge is 0.480 e. The van der Waals surface area contributed by atoms with Crippen LogP contribution in [-0.4, -0.2) is 62.4 Å². The molecule has 0 spiro atoms. The average Bonchev–Trinajstić information content (AvgIpc) is 2.53. The molecule has 7 heteroatoms. The van der Waals surface area contributed by atoms with E-state index in [-0.39, 0.29) is 6.03 Å². The zero-order valence-electron chi connectivity index (χ0n) is 13.2.